The Morgan fingerprint density at radius 3 is 2.58 bits per heavy atom. The molecule has 3 nitrogen and oxygen atoms in total. The zero-order valence-electron chi connectivity index (χ0n) is 12.4. The first-order chi connectivity index (χ1) is 9.29. The molecule has 0 atom stereocenters. The third kappa shape index (κ3) is 4.51. The van der Waals surface area contributed by atoms with Crippen molar-refractivity contribution in [3.05, 3.63) is 29.8 Å². The Kier molecular flexibility index (Phi) is 5.67. The van der Waals surface area contributed by atoms with E-state index in [1.807, 2.05) is 0 Å². The lowest BCUT2D eigenvalue weighted by atomic mass is 10.2. The van der Waals surface area contributed by atoms with Gasteiger partial charge in [0.1, 0.15) is 0 Å². The minimum Gasteiger partial charge on any atom is -0.370 e. The second kappa shape index (κ2) is 7.51. The molecule has 2 rings (SSSR count). The van der Waals surface area contributed by atoms with Crippen molar-refractivity contribution >= 4 is 5.69 Å². The van der Waals surface area contributed by atoms with Gasteiger partial charge in [-0.15, -0.1) is 0 Å². The van der Waals surface area contributed by atoms with Gasteiger partial charge in [0.15, 0.2) is 0 Å². The summed E-state index contributed by atoms with van der Waals surface area (Å²) in [4.78, 5) is 4.93. The van der Waals surface area contributed by atoms with Gasteiger partial charge in [0, 0.05) is 31.9 Å². The first-order valence-electron chi connectivity index (χ1n) is 7.52. The zero-order valence-corrected chi connectivity index (χ0v) is 12.4. The van der Waals surface area contributed by atoms with Crippen LogP contribution in [-0.2, 0) is 6.54 Å². The van der Waals surface area contributed by atoms with E-state index in [-0.39, 0.29) is 0 Å². The molecule has 0 bridgehead atoms. The highest BCUT2D eigenvalue weighted by Gasteiger charge is 2.12. The smallest absolute Gasteiger partial charge is 0.0366 e. The van der Waals surface area contributed by atoms with Gasteiger partial charge in [-0.1, -0.05) is 19.1 Å². The van der Waals surface area contributed by atoms with Crippen LogP contribution in [0.1, 0.15) is 25.3 Å². The largest absolute Gasteiger partial charge is 0.370 e. The lowest BCUT2D eigenvalue weighted by Crippen LogP contribution is -2.28. The van der Waals surface area contributed by atoms with Gasteiger partial charge in [-0.3, -0.25) is 0 Å². The van der Waals surface area contributed by atoms with Crippen LogP contribution in [0.15, 0.2) is 24.3 Å². The second-order valence-corrected chi connectivity index (χ2v) is 5.49. The monoisotopic (exact) mass is 261 g/mol. The Labute approximate surface area is 117 Å². The van der Waals surface area contributed by atoms with Gasteiger partial charge in [0.25, 0.3) is 0 Å². The van der Waals surface area contributed by atoms with E-state index < -0.39 is 0 Å². The van der Waals surface area contributed by atoms with Gasteiger partial charge in [-0.2, -0.15) is 0 Å². The van der Waals surface area contributed by atoms with E-state index in [1.165, 1.54) is 43.7 Å². The standard InChI is InChI=1S/C16H27N3/c1-3-9-17-14-15-5-7-16(8-6-15)19-11-4-10-18(2)12-13-19/h5-8,17H,3-4,9-14H2,1-2H3. The molecule has 1 aliphatic rings. The molecule has 0 aliphatic carbocycles. The predicted molar refractivity (Wildman–Crippen MR) is 82.8 cm³/mol. The van der Waals surface area contributed by atoms with Gasteiger partial charge in [-0.05, 0) is 50.7 Å². The average molecular weight is 261 g/mol. The SMILES string of the molecule is CCCNCc1ccc(N2CCCN(C)CC2)cc1. The van der Waals surface area contributed by atoms with Crippen LogP contribution < -0.4 is 10.2 Å². The Balaban J connectivity index is 1.90. The zero-order chi connectivity index (χ0) is 13.5. The van der Waals surface area contributed by atoms with Crippen molar-refractivity contribution < 1.29 is 0 Å². The molecule has 1 aliphatic heterocycles. The Bertz CT molecular complexity index is 361. The van der Waals surface area contributed by atoms with Crippen LogP contribution in [0.2, 0.25) is 0 Å². The first kappa shape index (κ1) is 14.4. The van der Waals surface area contributed by atoms with Crippen LogP contribution in [0.3, 0.4) is 0 Å². The summed E-state index contributed by atoms with van der Waals surface area (Å²) >= 11 is 0. The number of hydrogen-bond acceptors (Lipinski definition) is 3. The summed E-state index contributed by atoms with van der Waals surface area (Å²) in [5.41, 5.74) is 2.75. The van der Waals surface area contributed by atoms with Gasteiger partial charge in [0.2, 0.25) is 0 Å². The Morgan fingerprint density at radius 2 is 1.84 bits per heavy atom. The van der Waals surface area contributed by atoms with Crippen LogP contribution >= 0.6 is 0 Å². The lowest BCUT2D eigenvalue weighted by molar-refractivity contribution is 0.360. The highest BCUT2D eigenvalue weighted by Crippen LogP contribution is 2.17. The van der Waals surface area contributed by atoms with Crippen molar-refractivity contribution in [2.24, 2.45) is 0 Å². The maximum absolute atomic E-state index is 3.45. The fraction of sp³-hybridized carbons (Fsp3) is 0.625. The minimum atomic E-state index is 0.983. The van der Waals surface area contributed by atoms with Crippen molar-refractivity contribution in [2.75, 3.05) is 44.7 Å². The summed E-state index contributed by atoms with van der Waals surface area (Å²) in [6, 6.07) is 9.06. The molecular weight excluding hydrogens is 234 g/mol. The minimum absolute atomic E-state index is 0.983. The third-order valence-corrected chi connectivity index (χ3v) is 3.78. The number of likely N-dealkylation sites (N-methyl/N-ethyl adjacent to an activating group) is 1. The van der Waals surface area contributed by atoms with Crippen molar-refractivity contribution in [2.45, 2.75) is 26.3 Å². The van der Waals surface area contributed by atoms with E-state index in [9.17, 15) is 0 Å². The van der Waals surface area contributed by atoms with Crippen molar-refractivity contribution in [1.29, 1.82) is 0 Å². The number of nitrogens with one attached hydrogen (secondary N) is 1. The second-order valence-electron chi connectivity index (χ2n) is 5.49. The summed E-state index contributed by atoms with van der Waals surface area (Å²) in [6.45, 7) is 8.99. The van der Waals surface area contributed by atoms with Gasteiger partial charge < -0.3 is 15.1 Å². The number of hydrogen-bond donors (Lipinski definition) is 1. The van der Waals surface area contributed by atoms with Crippen LogP contribution in [0.4, 0.5) is 5.69 Å². The molecule has 0 spiro atoms. The summed E-state index contributed by atoms with van der Waals surface area (Å²) < 4.78 is 0. The first-order valence-corrected chi connectivity index (χ1v) is 7.52. The van der Waals surface area contributed by atoms with Crippen LogP contribution in [0.25, 0.3) is 0 Å². The van der Waals surface area contributed by atoms with E-state index in [1.54, 1.807) is 0 Å². The molecule has 3 heteroatoms. The molecular formula is C16H27N3. The molecule has 1 saturated heterocycles. The summed E-state index contributed by atoms with van der Waals surface area (Å²) in [5.74, 6) is 0. The van der Waals surface area contributed by atoms with E-state index in [2.05, 4.69) is 53.4 Å². The quantitative estimate of drug-likeness (QED) is 0.821. The fourth-order valence-corrected chi connectivity index (χ4v) is 2.54. The number of benzene rings is 1. The summed E-state index contributed by atoms with van der Waals surface area (Å²) in [7, 11) is 2.21. The van der Waals surface area contributed by atoms with Crippen LogP contribution in [0.5, 0.6) is 0 Å². The van der Waals surface area contributed by atoms with Gasteiger partial charge in [0.05, 0.1) is 0 Å². The molecule has 0 saturated carbocycles. The van der Waals surface area contributed by atoms with E-state index >= 15 is 0 Å². The van der Waals surface area contributed by atoms with Crippen LogP contribution in [0, 0.1) is 0 Å². The molecule has 1 aromatic carbocycles. The highest BCUT2D eigenvalue weighted by atomic mass is 15.2. The molecule has 0 radical (unpaired) electrons. The number of anilines is 1. The van der Waals surface area contributed by atoms with Gasteiger partial charge >= 0.3 is 0 Å². The molecule has 19 heavy (non-hydrogen) atoms. The third-order valence-electron chi connectivity index (χ3n) is 3.78. The normalized spacial score (nSPS) is 17.5. The number of nitrogens with zero attached hydrogens (tertiary/aromatic N) is 2. The van der Waals surface area contributed by atoms with Crippen molar-refractivity contribution in [3.8, 4) is 0 Å². The Morgan fingerprint density at radius 1 is 1.05 bits per heavy atom. The topological polar surface area (TPSA) is 18.5 Å². The van der Waals surface area contributed by atoms with Gasteiger partial charge in [-0.25, -0.2) is 0 Å². The number of rotatable bonds is 5. The van der Waals surface area contributed by atoms with E-state index in [0.717, 1.165) is 19.6 Å². The van der Waals surface area contributed by atoms with E-state index in [0.29, 0.717) is 0 Å². The molecule has 0 unspecified atom stereocenters. The molecule has 1 N–H and O–H groups in total. The summed E-state index contributed by atoms with van der Waals surface area (Å²) in [6.07, 6.45) is 2.45. The summed E-state index contributed by atoms with van der Waals surface area (Å²) in [5, 5.41) is 3.45. The average Bonchev–Trinajstić information content (AvgIpc) is 2.65. The maximum atomic E-state index is 3.45. The van der Waals surface area contributed by atoms with Crippen molar-refractivity contribution in [3.63, 3.8) is 0 Å². The molecule has 0 amide bonds. The Hall–Kier alpha value is -1.06. The molecule has 1 aromatic rings. The molecule has 0 aromatic heterocycles. The van der Waals surface area contributed by atoms with Crippen LogP contribution in [-0.4, -0.2) is 44.7 Å². The highest BCUT2D eigenvalue weighted by molar-refractivity contribution is 5.47. The van der Waals surface area contributed by atoms with E-state index in [4.69, 9.17) is 0 Å². The predicted octanol–water partition coefficient (Wildman–Crippen LogP) is 2.33. The molecule has 1 fully saturated rings. The fourth-order valence-electron chi connectivity index (χ4n) is 2.54. The maximum Gasteiger partial charge on any atom is 0.0366 e. The lowest BCUT2D eigenvalue weighted by Gasteiger charge is -2.23. The van der Waals surface area contributed by atoms with Crippen molar-refractivity contribution in [1.82, 2.24) is 10.2 Å². The molecule has 1 heterocycles. The molecule has 106 valence electrons.